The van der Waals surface area contributed by atoms with Crippen LogP contribution in [0.15, 0.2) is 30.3 Å². The van der Waals surface area contributed by atoms with Gasteiger partial charge >= 0.3 is 6.09 Å². The standard InChI is InChI=1S/C22H26N4O7/c1-28-8-9-33-22(27)23-15-10-13(6-7-16(15)29-2)19-20(25-26-24-19)14-11-17(30-3)21(32-5)18(12-14)31-4/h6-7,10-12H,8-9H2,1-5H3,(H,23,27)(H,24,25,26). The van der Waals surface area contributed by atoms with Gasteiger partial charge in [-0.1, -0.05) is 5.21 Å². The van der Waals surface area contributed by atoms with E-state index in [4.69, 9.17) is 28.4 Å². The Morgan fingerprint density at radius 1 is 0.879 bits per heavy atom. The number of amides is 1. The van der Waals surface area contributed by atoms with Crippen molar-refractivity contribution in [3.05, 3.63) is 30.3 Å². The Morgan fingerprint density at radius 2 is 1.58 bits per heavy atom. The number of H-pyrrole nitrogens is 1. The normalized spacial score (nSPS) is 10.5. The lowest BCUT2D eigenvalue weighted by atomic mass is 10.0. The summed E-state index contributed by atoms with van der Waals surface area (Å²) in [5, 5.41) is 13.8. The molecule has 0 unspecified atom stereocenters. The second kappa shape index (κ2) is 11.0. The number of aromatic nitrogens is 3. The summed E-state index contributed by atoms with van der Waals surface area (Å²) in [6, 6.07) is 8.82. The largest absolute Gasteiger partial charge is 0.495 e. The van der Waals surface area contributed by atoms with Crippen LogP contribution in [0.4, 0.5) is 10.5 Å². The summed E-state index contributed by atoms with van der Waals surface area (Å²) in [7, 11) is 7.65. The van der Waals surface area contributed by atoms with Crippen molar-refractivity contribution in [2.24, 2.45) is 0 Å². The fourth-order valence-electron chi connectivity index (χ4n) is 3.17. The van der Waals surface area contributed by atoms with Crippen LogP contribution in [0, 0.1) is 0 Å². The number of hydrogen-bond donors (Lipinski definition) is 2. The molecule has 0 saturated heterocycles. The zero-order valence-corrected chi connectivity index (χ0v) is 19.1. The average molecular weight is 458 g/mol. The zero-order valence-electron chi connectivity index (χ0n) is 19.1. The molecule has 3 aromatic rings. The summed E-state index contributed by atoms with van der Waals surface area (Å²) in [6.45, 7) is 0.419. The smallest absolute Gasteiger partial charge is 0.411 e. The topological polar surface area (TPSA) is 126 Å². The second-order valence-corrected chi connectivity index (χ2v) is 6.62. The molecule has 2 N–H and O–H groups in total. The van der Waals surface area contributed by atoms with Gasteiger partial charge in [-0.15, -0.1) is 5.10 Å². The van der Waals surface area contributed by atoms with Gasteiger partial charge in [0.2, 0.25) is 5.75 Å². The highest BCUT2D eigenvalue weighted by Crippen LogP contribution is 2.42. The van der Waals surface area contributed by atoms with Crippen molar-refractivity contribution >= 4 is 11.8 Å². The molecule has 0 fully saturated rings. The summed E-state index contributed by atoms with van der Waals surface area (Å²) in [5.74, 6) is 1.90. The quantitative estimate of drug-likeness (QED) is 0.440. The van der Waals surface area contributed by atoms with Crippen LogP contribution in [0.1, 0.15) is 0 Å². The number of ether oxygens (including phenoxy) is 6. The van der Waals surface area contributed by atoms with Gasteiger partial charge in [0.1, 0.15) is 18.1 Å². The van der Waals surface area contributed by atoms with Gasteiger partial charge in [0.25, 0.3) is 0 Å². The van der Waals surface area contributed by atoms with Crippen LogP contribution < -0.4 is 24.3 Å². The molecule has 0 aliphatic heterocycles. The maximum atomic E-state index is 12.1. The van der Waals surface area contributed by atoms with Crippen LogP contribution >= 0.6 is 0 Å². The van der Waals surface area contributed by atoms with Crippen LogP contribution in [-0.2, 0) is 9.47 Å². The Morgan fingerprint density at radius 3 is 2.18 bits per heavy atom. The van der Waals surface area contributed by atoms with E-state index in [-0.39, 0.29) is 6.61 Å². The van der Waals surface area contributed by atoms with Gasteiger partial charge in [-0.2, -0.15) is 0 Å². The van der Waals surface area contributed by atoms with E-state index < -0.39 is 6.09 Å². The molecule has 3 rings (SSSR count). The van der Waals surface area contributed by atoms with E-state index >= 15 is 0 Å². The molecule has 33 heavy (non-hydrogen) atoms. The maximum Gasteiger partial charge on any atom is 0.411 e. The number of anilines is 1. The molecule has 0 aliphatic rings. The molecule has 1 aromatic heterocycles. The second-order valence-electron chi connectivity index (χ2n) is 6.62. The molecular formula is C22H26N4O7. The number of carbonyl (C=O) groups is 1. The van der Waals surface area contributed by atoms with E-state index in [1.807, 2.05) is 6.07 Å². The van der Waals surface area contributed by atoms with Crippen molar-refractivity contribution in [3.8, 4) is 45.5 Å². The van der Waals surface area contributed by atoms with E-state index in [9.17, 15) is 4.79 Å². The number of nitrogens with one attached hydrogen (secondary N) is 2. The predicted molar refractivity (Wildman–Crippen MR) is 120 cm³/mol. The Kier molecular flexibility index (Phi) is 7.92. The monoisotopic (exact) mass is 458 g/mol. The van der Waals surface area contributed by atoms with Crippen LogP contribution in [0.2, 0.25) is 0 Å². The van der Waals surface area contributed by atoms with Crippen LogP contribution in [0.25, 0.3) is 22.5 Å². The van der Waals surface area contributed by atoms with Crippen LogP contribution in [0.3, 0.4) is 0 Å². The summed E-state index contributed by atoms with van der Waals surface area (Å²) in [6.07, 6.45) is -0.630. The van der Waals surface area contributed by atoms with Gasteiger partial charge in [0.15, 0.2) is 11.5 Å². The van der Waals surface area contributed by atoms with Crippen LogP contribution in [0.5, 0.6) is 23.0 Å². The van der Waals surface area contributed by atoms with E-state index in [0.717, 1.165) is 0 Å². The number of methoxy groups -OCH3 is 5. The minimum atomic E-state index is -0.630. The number of aromatic amines is 1. The maximum absolute atomic E-state index is 12.1. The molecule has 1 heterocycles. The third-order valence-electron chi connectivity index (χ3n) is 4.73. The lowest BCUT2D eigenvalue weighted by Gasteiger charge is -2.14. The minimum absolute atomic E-state index is 0.125. The molecule has 0 atom stereocenters. The Hall–Kier alpha value is -3.99. The molecule has 0 saturated carbocycles. The first kappa shape index (κ1) is 23.7. The summed E-state index contributed by atoms with van der Waals surface area (Å²) < 4.78 is 31.6. The molecule has 0 radical (unpaired) electrons. The summed E-state index contributed by atoms with van der Waals surface area (Å²) in [5.41, 5.74) is 2.98. The first-order valence-electron chi connectivity index (χ1n) is 9.88. The van der Waals surface area contributed by atoms with Gasteiger partial charge in [-0.05, 0) is 30.3 Å². The first-order chi connectivity index (χ1) is 16.1. The average Bonchev–Trinajstić information content (AvgIpc) is 3.33. The summed E-state index contributed by atoms with van der Waals surface area (Å²) >= 11 is 0. The first-order valence-corrected chi connectivity index (χ1v) is 9.88. The molecule has 11 nitrogen and oxygen atoms in total. The van der Waals surface area contributed by atoms with Crippen molar-refractivity contribution in [3.63, 3.8) is 0 Å². The molecule has 2 aromatic carbocycles. The van der Waals surface area contributed by atoms with E-state index in [2.05, 4.69) is 20.7 Å². The number of nitrogens with zero attached hydrogens (tertiary/aromatic N) is 2. The Balaban J connectivity index is 1.99. The number of rotatable bonds is 10. The molecular weight excluding hydrogens is 432 g/mol. The van der Waals surface area contributed by atoms with Crippen LogP contribution in [-0.4, -0.2) is 70.3 Å². The highest BCUT2D eigenvalue weighted by molar-refractivity contribution is 5.89. The van der Waals surface area contributed by atoms with Crippen molar-refractivity contribution in [1.82, 2.24) is 15.4 Å². The van der Waals surface area contributed by atoms with Crippen molar-refractivity contribution in [2.75, 3.05) is 54.1 Å². The Labute approximate surface area is 190 Å². The van der Waals surface area contributed by atoms with E-state index in [1.54, 1.807) is 24.3 Å². The SMILES string of the molecule is COCCOC(=O)Nc1cc(-c2[nH]nnc2-c2cc(OC)c(OC)c(OC)c2)ccc1OC. The lowest BCUT2D eigenvalue weighted by Crippen LogP contribution is -2.16. The van der Waals surface area contributed by atoms with Gasteiger partial charge in [-0.3, -0.25) is 10.4 Å². The fraction of sp³-hybridized carbons (Fsp3) is 0.318. The highest BCUT2D eigenvalue weighted by Gasteiger charge is 2.20. The minimum Gasteiger partial charge on any atom is -0.495 e. The van der Waals surface area contributed by atoms with Crippen molar-refractivity contribution in [2.45, 2.75) is 0 Å². The number of hydrogen-bond acceptors (Lipinski definition) is 9. The summed E-state index contributed by atoms with van der Waals surface area (Å²) in [4.78, 5) is 12.1. The van der Waals surface area contributed by atoms with Gasteiger partial charge in [-0.25, -0.2) is 4.79 Å². The van der Waals surface area contributed by atoms with Gasteiger partial charge < -0.3 is 28.4 Å². The molecule has 1 amide bonds. The zero-order chi connectivity index (χ0) is 23.8. The third-order valence-corrected chi connectivity index (χ3v) is 4.73. The van der Waals surface area contributed by atoms with Gasteiger partial charge in [0.05, 0.1) is 46.4 Å². The highest BCUT2D eigenvalue weighted by atomic mass is 16.6. The fourth-order valence-corrected chi connectivity index (χ4v) is 3.17. The predicted octanol–water partition coefficient (Wildman–Crippen LogP) is 3.37. The molecule has 0 bridgehead atoms. The van der Waals surface area contributed by atoms with E-state index in [0.29, 0.717) is 57.8 Å². The van der Waals surface area contributed by atoms with E-state index in [1.165, 1.54) is 35.5 Å². The molecule has 0 aliphatic carbocycles. The van der Waals surface area contributed by atoms with Gasteiger partial charge in [0, 0.05) is 18.2 Å². The van der Waals surface area contributed by atoms with Crippen molar-refractivity contribution < 1.29 is 33.2 Å². The number of carbonyl (C=O) groups excluding carboxylic acids is 1. The lowest BCUT2D eigenvalue weighted by molar-refractivity contribution is 0.107. The third kappa shape index (κ3) is 5.26. The molecule has 11 heteroatoms. The number of benzene rings is 2. The van der Waals surface area contributed by atoms with Crippen molar-refractivity contribution in [1.29, 1.82) is 0 Å². The molecule has 0 spiro atoms. The molecule has 176 valence electrons. The Bertz CT molecular complexity index is 1080.